The van der Waals surface area contributed by atoms with E-state index < -0.39 is 5.97 Å². The van der Waals surface area contributed by atoms with E-state index in [0.29, 0.717) is 6.61 Å². The van der Waals surface area contributed by atoms with Gasteiger partial charge in [-0.05, 0) is 19.3 Å². The molecule has 0 spiro atoms. The first-order chi connectivity index (χ1) is 10.8. The number of rotatable bonds is 15. The number of carboxylic acid groups (broad SMARTS) is 1. The normalized spacial score (nSPS) is 12.0. The van der Waals surface area contributed by atoms with E-state index in [9.17, 15) is 4.79 Å². The van der Waals surface area contributed by atoms with Crippen molar-refractivity contribution in [2.75, 3.05) is 6.61 Å². The number of hydrogen-bond donors (Lipinski definition) is 2. The molecule has 0 aromatic carbocycles. The van der Waals surface area contributed by atoms with Gasteiger partial charge in [0.1, 0.15) is 0 Å². The topological polar surface area (TPSA) is 66.8 Å². The van der Waals surface area contributed by atoms with Gasteiger partial charge in [-0.2, -0.15) is 0 Å². The second kappa shape index (κ2) is 17.7. The Hall–Kier alpha value is -1.39. The highest BCUT2D eigenvalue weighted by Crippen LogP contribution is 2.10. The highest BCUT2D eigenvalue weighted by molar-refractivity contribution is 5.80. The zero-order valence-electron chi connectivity index (χ0n) is 13.5. The molecule has 2 N–H and O–H groups in total. The van der Waals surface area contributed by atoms with E-state index >= 15 is 0 Å². The second-order valence-corrected chi connectivity index (χ2v) is 5.31. The average molecular weight is 310 g/mol. The quantitative estimate of drug-likeness (QED) is 0.145. The van der Waals surface area contributed by atoms with Crippen LogP contribution in [-0.2, 0) is 9.68 Å². The summed E-state index contributed by atoms with van der Waals surface area (Å²) in [5.74, 6) is -0.923. The molecule has 4 nitrogen and oxygen atoms in total. The van der Waals surface area contributed by atoms with Gasteiger partial charge in [0.15, 0.2) is 0 Å². The van der Waals surface area contributed by atoms with Gasteiger partial charge in [0.05, 0.1) is 6.61 Å². The van der Waals surface area contributed by atoms with Gasteiger partial charge in [-0.15, -0.1) is 0 Å². The van der Waals surface area contributed by atoms with Gasteiger partial charge in [0, 0.05) is 6.08 Å². The Morgan fingerprint density at radius 2 is 1.32 bits per heavy atom. The van der Waals surface area contributed by atoms with Crippen LogP contribution in [0, 0.1) is 0 Å². The van der Waals surface area contributed by atoms with Crippen LogP contribution in [0.4, 0.5) is 0 Å². The van der Waals surface area contributed by atoms with Gasteiger partial charge in [0.2, 0.25) is 0 Å². The molecular weight excluding hydrogens is 280 g/mol. The SMILES string of the molecule is O=C(O)C=CC=CC=CCCCCCCCCCCCOO. The van der Waals surface area contributed by atoms with Gasteiger partial charge in [0.25, 0.3) is 0 Å². The van der Waals surface area contributed by atoms with Gasteiger partial charge in [-0.1, -0.05) is 75.3 Å². The van der Waals surface area contributed by atoms with Crippen LogP contribution < -0.4 is 0 Å². The summed E-state index contributed by atoms with van der Waals surface area (Å²) in [6, 6.07) is 0. The molecule has 0 unspecified atom stereocenters. The third kappa shape index (κ3) is 18.6. The monoisotopic (exact) mass is 310 g/mol. The van der Waals surface area contributed by atoms with Crippen molar-refractivity contribution < 1.29 is 20.0 Å². The van der Waals surface area contributed by atoms with E-state index in [4.69, 9.17) is 10.4 Å². The van der Waals surface area contributed by atoms with E-state index in [1.165, 1.54) is 51.0 Å². The molecule has 0 fully saturated rings. The van der Waals surface area contributed by atoms with Crippen LogP contribution in [0.15, 0.2) is 36.5 Å². The van der Waals surface area contributed by atoms with Crippen LogP contribution in [0.5, 0.6) is 0 Å². The maximum atomic E-state index is 10.2. The third-order valence-electron chi connectivity index (χ3n) is 3.31. The number of hydrogen-bond acceptors (Lipinski definition) is 3. The van der Waals surface area contributed by atoms with Crippen LogP contribution in [-0.4, -0.2) is 22.9 Å². The molecule has 126 valence electrons. The highest BCUT2D eigenvalue weighted by atomic mass is 17.1. The van der Waals surface area contributed by atoms with Gasteiger partial charge >= 0.3 is 5.97 Å². The summed E-state index contributed by atoms with van der Waals surface area (Å²) in [6.07, 6.45) is 22.3. The Bertz CT molecular complexity index is 332. The lowest BCUT2D eigenvalue weighted by molar-refractivity contribution is -0.242. The van der Waals surface area contributed by atoms with E-state index in [0.717, 1.165) is 25.3 Å². The molecular formula is C18H30O4. The van der Waals surface area contributed by atoms with Crippen LogP contribution in [0.25, 0.3) is 0 Å². The standard InChI is InChI=1S/C18H30O4/c19-18(20)16-14-12-10-8-6-4-2-1-3-5-7-9-11-13-15-17-22-21/h6,8,10,12,14,16,21H,1-5,7,9,11,13,15,17H2,(H,19,20). The van der Waals surface area contributed by atoms with E-state index in [1.807, 2.05) is 12.2 Å². The van der Waals surface area contributed by atoms with Crippen molar-refractivity contribution in [3.8, 4) is 0 Å². The van der Waals surface area contributed by atoms with E-state index in [2.05, 4.69) is 11.0 Å². The van der Waals surface area contributed by atoms with Crippen molar-refractivity contribution in [2.45, 2.75) is 64.2 Å². The molecule has 0 aromatic rings. The molecule has 4 heteroatoms. The van der Waals surface area contributed by atoms with Gasteiger partial charge in [-0.25, -0.2) is 9.68 Å². The van der Waals surface area contributed by atoms with Crippen molar-refractivity contribution >= 4 is 5.97 Å². The average Bonchev–Trinajstić information content (AvgIpc) is 2.50. The lowest BCUT2D eigenvalue weighted by atomic mass is 10.1. The first-order valence-corrected chi connectivity index (χ1v) is 8.26. The number of carbonyl (C=O) groups is 1. The molecule has 0 radical (unpaired) electrons. The molecule has 0 heterocycles. The Morgan fingerprint density at radius 3 is 1.91 bits per heavy atom. The number of carboxylic acids is 1. The first kappa shape index (κ1) is 20.6. The number of unbranched alkanes of at least 4 members (excludes halogenated alkanes) is 9. The predicted octanol–water partition coefficient (Wildman–Crippen LogP) is 5.13. The van der Waals surface area contributed by atoms with Crippen LogP contribution in [0.3, 0.4) is 0 Å². The minimum atomic E-state index is -0.923. The highest BCUT2D eigenvalue weighted by Gasteiger charge is 1.92. The summed E-state index contributed by atoms with van der Waals surface area (Å²) < 4.78 is 0. The zero-order chi connectivity index (χ0) is 16.3. The summed E-state index contributed by atoms with van der Waals surface area (Å²) in [7, 11) is 0. The van der Waals surface area contributed by atoms with Gasteiger partial charge in [-0.3, -0.25) is 5.26 Å². The summed E-state index contributed by atoms with van der Waals surface area (Å²) in [5, 5.41) is 16.6. The fourth-order valence-corrected chi connectivity index (χ4v) is 2.11. The third-order valence-corrected chi connectivity index (χ3v) is 3.31. The van der Waals surface area contributed by atoms with Crippen LogP contribution in [0.2, 0.25) is 0 Å². The fourth-order valence-electron chi connectivity index (χ4n) is 2.11. The maximum Gasteiger partial charge on any atom is 0.328 e. The van der Waals surface area contributed by atoms with Crippen molar-refractivity contribution in [1.29, 1.82) is 0 Å². The molecule has 0 saturated heterocycles. The first-order valence-electron chi connectivity index (χ1n) is 8.26. The number of aliphatic carboxylic acids is 1. The summed E-state index contributed by atoms with van der Waals surface area (Å²) >= 11 is 0. The molecule has 0 amide bonds. The molecule has 0 atom stereocenters. The minimum Gasteiger partial charge on any atom is -0.478 e. The largest absolute Gasteiger partial charge is 0.478 e. The van der Waals surface area contributed by atoms with E-state index in [-0.39, 0.29) is 0 Å². The molecule has 0 aliphatic carbocycles. The molecule has 0 bridgehead atoms. The molecule has 22 heavy (non-hydrogen) atoms. The molecule has 0 aliphatic heterocycles. The lowest BCUT2D eigenvalue weighted by Gasteiger charge is -2.01. The van der Waals surface area contributed by atoms with E-state index in [1.54, 1.807) is 6.08 Å². The van der Waals surface area contributed by atoms with Crippen molar-refractivity contribution in [3.05, 3.63) is 36.5 Å². The zero-order valence-corrected chi connectivity index (χ0v) is 13.5. The lowest BCUT2D eigenvalue weighted by Crippen LogP contribution is -1.88. The molecule has 0 aliphatic rings. The molecule has 0 rings (SSSR count). The Labute approximate surface area is 134 Å². The summed E-state index contributed by atoms with van der Waals surface area (Å²) in [5.41, 5.74) is 0. The smallest absolute Gasteiger partial charge is 0.328 e. The molecule has 0 saturated carbocycles. The maximum absolute atomic E-state index is 10.2. The van der Waals surface area contributed by atoms with Crippen LogP contribution in [0.1, 0.15) is 64.2 Å². The second-order valence-electron chi connectivity index (χ2n) is 5.31. The Kier molecular flexibility index (Phi) is 16.5. The van der Waals surface area contributed by atoms with Crippen molar-refractivity contribution in [3.63, 3.8) is 0 Å². The molecule has 0 aromatic heterocycles. The fraction of sp³-hybridized carbons (Fsp3) is 0.611. The number of allylic oxidation sites excluding steroid dienone is 5. The summed E-state index contributed by atoms with van der Waals surface area (Å²) in [6.45, 7) is 0.457. The van der Waals surface area contributed by atoms with Crippen molar-refractivity contribution in [2.24, 2.45) is 0 Å². The summed E-state index contributed by atoms with van der Waals surface area (Å²) in [4.78, 5) is 14.2. The van der Waals surface area contributed by atoms with Crippen LogP contribution >= 0.6 is 0 Å². The predicted molar refractivity (Wildman–Crippen MR) is 89.8 cm³/mol. The van der Waals surface area contributed by atoms with Crippen molar-refractivity contribution in [1.82, 2.24) is 0 Å². The Balaban J connectivity index is 3.21. The van der Waals surface area contributed by atoms with Gasteiger partial charge < -0.3 is 5.11 Å². The Morgan fingerprint density at radius 1 is 0.773 bits per heavy atom. The minimum absolute atomic E-state index is 0.457.